The summed E-state index contributed by atoms with van der Waals surface area (Å²) in [6.45, 7) is 9.88. The van der Waals surface area contributed by atoms with Gasteiger partial charge in [-0.1, -0.05) is 6.58 Å². The molecule has 1 fully saturated rings. The number of carbonyl (C=O) groups excluding carboxylic acids is 1. The highest BCUT2D eigenvalue weighted by Crippen LogP contribution is 2.16. The Hall–Kier alpha value is -0.830. The van der Waals surface area contributed by atoms with Crippen molar-refractivity contribution in [3.63, 3.8) is 0 Å². The van der Waals surface area contributed by atoms with Crippen LogP contribution in [0.25, 0.3) is 0 Å². The molecule has 0 N–H and O–H groups in total. The minimum atomic E-state index is 0.0285. The molecule has 0 aromatic carbocycles. The van der Waals surface area contributed by atoms with Crippen molar-refractivity contribution >= 4 is 5.91 Å². The Morgan fingerprint density at radius 3 is 2.77 bits per heavy atom. The molecule has 0 saturated carbocycles. The van der Waals surface area contributed by atoms with E-state index in [-0.39, 0.29) is 12.0 Å². The first-order chi connectivity index (χ1) is 6.13. The fourth-order valence-corrected chi connectivity index (χ4v) is 1.31. The van der Waals surface area contributed by atoms with Gasteiger partial charge >= 0.3 is 0 Å². The van der Waals surface area contributed by atoms with Gasteiger partial charge in [0.05, 0.1) is 12.7 Å². The quantitative estimate of drug-likeness (QED) is 0.610. The summed E-state index contributed by atoms with van der Waals surface area (Å²) in [5, 5.41) is 0. The van der Waals surface area contributed by atoms with Crippen molar-refractivity contribution in [2.45, 2.75) is 20.0 Å². The van der Waals surface area contributed by atoms with Gasteiger partial charge in [0.1, 0.15) is 0 Å². The fraction of sp³-hybridized carbons (Fsp3) is 0.700. The van der Waals surface area contributed by atoms with E-state index in [4.69, 9.17) is 4.74 Å². The maximum Gasteiger partial charge on any atom is 0.245 e. The summed E-state index contributed by atoms with van der Waals surface area (Å²) >= 11 is 0. The van der Waals surface area contributed by atoms with Gasteiger partial charge in [0.2, 0.25) is 5.91 Å². The molecule has 3 nitrogen and oxygen atoms in total. The first kappa shape index (κ1) is 10.3. The van der Waals surface area contributed by atoms with Crippen molar-refractivity contribution in [2.24, 2.45) is 5.92 Å². The van der Waals surface area contributed by atoms with Crippen molar-refractivity contribution in [3.05, 3.63) is 12.7 Å². The molecule has 1 heterocycles. The average Bonchev–Trinajstić information content (AvgIpc) is 2.00. The van der Waals surface area contributed by atoms with Crippen molar-refractivity contribution in [1.29, 1.82) is 0 Å². The molecule has 0 spiro atoms. The second-order valence-electron chi connectivity index (χ2n) is 3.70. The van der Waals surface area contributed by atoms with Gasteiger partial charge in [0, 0.05) is 19.0 Å². The highest BCUT2D eigenvalue weighted by Gasteiger charge is 2.29. The summed E-state index contributed by atoms with van der Waals surface area (Å²) in [5.41, 5.74) is 0. The average molecular weight is 183 g/mol. The molecule has 0 aromatic rings. The van der Waals surface area contributed by atoms with E-state index in [0.29, 0.717) is 5.92 Å². The minimum Gasteiger partial charge on any atom is -0.378 e. The van der Waals surface area contributed by atoms with Crippen LogP contribution in [-0.2, 0) is 9.53 Å². The van der Waals surface area contributed by atoms with E-state index < -0.39 is 0 Å². The van der Waals surface area contributed by atoms with Crippen molar-refractivity contribution in [3.8, 4) is 0 Å². The molecule has 0 radical (unpaired) electrons. The Morgan fingerprint density at radius 2 is 2.31 bits per heavy atom. The third-order valence-corrected chi connectivity index (χ3v) is 2.11. The van der Waals surface area contributed by atoms with Gasteiger partial charge in [-0.3, -0.25) is 4.79 Å². The summed E-state index contributed by atoms with van der Waals surface area (Å²) < 4.78 is 5.44. The lowest BCUT2D eigenvalue weighted by molar-refractivity contribution is -0.134. The Balaban J connectivity index is 2.11. The molecule has 0 atom stereocenters. The molecule has 1 rings (SSSR count). The van der Waals surface area contributed by atoms with Gasteiger partial charge < -0.3 is 9.64 Å². The number of hydrogen-bond acceptors (Lipinski definition) is 2. The van der Waals surface area contributed by atoms with Crippen LogP contribution >= 0.6 is 0 Å². The van der Waals surface area contributed by atoms with Crippen LogP contribution < -0.4 is 0 Å². The van der Waals surface area contributed by atoms with Crippen LogP contribution in [0, 0.1) is 5.92 Å². The standard InChI is InChI=1S/C10H17NO2/c1-4-10(12)11-5-9(6-11)7-13-8(2)3/h4,8-9H,1,5-7H2,2-3H3. The predicted octanol–water partition coefficient (Wildman–Crippen LogP) is 1.06. The fourth-order valence-electron chi connectivity index (χ4n) is 1.31. The van der Waals surface area contributed by atoms with E-state index in [1.54, 1.807) is 4.90 Å². The van der Waals surface area contributed by atoms with Crippen molar-refractivity contribution < 1.29 is 9.53 Å². The molecule has 0 unspecified atom stereocenters. The Bertz CT molecular complexity index is 195. The van der Waals surface area contributed by atoms with Crippen LogP contribution in [0.15, 0.2) is 12.7 Å². The van der Waals surface area contributed by atoms with Crippen LogP contribution in [0.5, 0.6) is 0 Å². The van der Waals surface area contributed by atoms with E-state index in [0.717, 1.165) is 19.7 Å². The van der Waals surface area contributed by atoms with E-state index >= 15 is 0 Å². The lowest BCUT2D eigenvalue weighted by Crippen LogP contribution is -2.51. The highest BCUT2D eigenvalue weighted by molar-refractivity contribution is 5.87. The zero-order chi connectivity index (χ0) is 9.84. The van der Waals surface area contributed by atoms with Crippen LogP contribution in [0.2, 0.25) is 0 Å². The summed E-state index contributed by atoms with van der Waals surface area (Å²) in [6, 6.07) is 0. The summed E-state index contributed by atoms with van der Waals surface area (Å²) in [4.78, 5) is 12.8. The number of nitrogens with zero attached hydrogens (tertiary/aromatic N) is 1. The number of likely N-dealkylation sites (tertiary alicyclic amines) is 1. The lowest BCUT2D eigenvalue weighted by Gasteiger charge is -2.38. The van der Waals surface area contributed by atoms with Gasteiger partial charge in [-0.25, -0.2) is 0 Å². The molecule has 1 saturated heterocycles. The zero-order valence-electron chi connectivity index (χ0n) is 8.32. The normalized spacial score (nSPS) is 17.3. The largest absolute Gasteiger partial charge is 0.378 e. The topological polar surface area (TPSA) is 29.5 Å². The number of amides is 1. The van der Waals surface area contributed by atoms with Gasteiger partial charge in [0.15, 0.2) is 0 Å². The third kappa shape index (κ3) is 2.84. The Morgan fingerprint density at radius 1 is 1.69 bits per heavy atom. The van der Waals surface area contributed by atoms with Crippen LogP contribution in [0.1, 0.15) is 13.8 Å². The smallest absolute Gasteiger partial charge is 0.245 e. The summed E-state index contributed by atoms with van der Waals surface area (Å²) in [7, 11) is 0. The molecule has 3 heteroatoms. The van der Waals surface area contributed by atoms with Gasteiger partial charge in [0.25, 0.3) is 0 Å². The van der Waals surface area contributed by atoms with Gasteiger partial charge in [-0.05, 0) is 19.9 Å². The molecule has 1 amide bonds. The molecule has 74 valence electrons. The number of carbonyl (C=O) groups is 1. The SMILES string of the molecule is C=CC(=O)N1CC(COC(C)C)C1. The van der Waals surface area contributed by atoms with E-state index in [1.807, 2.05) is 13.8 Å². The van der Waals surface area contributed by atoms with E-state index in [2.05, 4.69) is 6.58 Å². The number of hydrogen-bond donors (Lipinski definition) is 0. The van der Waals surface area contributed by atoms with E-state index in [1.165, 1.54) is 6.08 Å². The monoisotopic (exact) mass is 183 g/mol. The Labute approximate surface area is 79.4 Å². The number of ether oxygens (including phenoxy) is 1. The first-order valence-corrected chi connectivity index (χ1v) is 4.66. The zero-order valence-corrected chi connectivity index (χ0v) is 8.32. The maximum atomic E-state index is 11.0. The molecule has 1 aliphatic heterocycles. The predicted molar refractivity (Wildman–Crippen MR) is 51.4 cm³/mol. The van der Waals surface area contributed by atoms with E-state index in [9.17, 15) is 4.79 Å². The number of rotatable bonds is 4. The molecule has 13 heavy (non-hydrogen) atoms. The maximum absolute atomic E-state index is 11.0. The molecule has 0 aromatic heterocycles. The van der Waals surface area contributed by atoms with Crippen molar-refractivity contribution in [2.75, 3.05) is 19.7 Å². The van der Waals surface area contributed by atoms with Crippen LogP contribution in [-0.4, -0.2) is 36.6 Å². The van der Waals surface area contributed by atoms with Crippen LogP contribution in [0.4, 0.5) is 0 Å². The van der Waals surface area contributed by atoms with Gasteiger partial charge in [-0.2, -0.15) is 0 Å². The minimum absolute atomic E-state index is 0.0285. The Kier molecular flexibility index (Phi) is 3.48. The van der Waals surface area contributed by atoms with Gasteiger partial charge in [-0.15, -0.1) is 0 Å². The highest BCUT2D eigenvalue weighted by atomic mass is 16.5. The molecular formula is C10H17NO2. The van der Waals surface area contributed by atoms with Crippen molar-refractivity contribution in [1.82, 2.24) is 4.90 Å². The second-order valence-corrected chi connectivity index (χ2v) is 3.70. The molecular weight excluding hydrogens is 166 g/mol. The third-order valence-electron chi connectivity index (χ3n) is 2.11. The summed E-state index contributed by atoms with van der Waals surface area (Å²) in [6.07, 6.45) is 1.64. The molecule has 0 aliphatic carbocycles. The summed E-state index contributed by atoms with van der Waals surface area (Å²) in [5.74, 6) is 0.548. The molecule has 1 aliphatic rings. The second kappa shape index (κ2) is 4.42. The molecule has 0 bridgehead atoms. The first-order valence-electron chi connectivity index (χ1n) is 4.66. The van der Waals surface area contributed by atoms with Crippen LogP contribution in [0.3, 0.4) is 0 Å². The lowest BCUT2D eigenvalue weighted by atomic mass is 10.0.